The number of hydrogen-bond acceptors (Lipinski definition) is 3. The van der Waals surface area contributed by atoms with Crippen LogP contribution in [0, 0.1) is 0 Å². The first-order chi connectivity index (χ1) is 12.0. The summed E-state index contributed by atoms with van der Waals surface area (Å²) in [6, 6.07) is 13.6. The van der Waals surface area contributed by atoms with Gasteiger partial charge < -0.3 is 9.88 Å². The number of carbonyl (C=O) groups is 1. The Morgan fingerprint density at radius 3 is 2.44 bits per heavy atom. The van der Waals surface area contributed by atoms with Crippen molar-refractivity contribution < 1.29 is 4.79 Å². The molecule has 25 heavy (non-hydrogen) atoms. The van der Waals surface area contributed by atoms with Crippen LogP contribution in [-0.4, -0.2) is 20.4 Å². The van der Waals surface area contributed by atoms with Crippen LogP contribution in [0.3, 0.4) is 0 Å². The van der Waals surface area contributed by atoms with Gasteiger partial charge in [0.05, 0.1) is 12.0 Å². The summed E-state index contributed by atoms with van der Waals surface area (Å²) in [6.07, 6.45) is 1.77. The van der Waals surface area contributed by atoms with Gasteiger partial charge in [0.25, 0.3) is 0 Å². The maximum atomic E-state index is 12.7. The summed E-state index contributed by atoms with van der Waals surface area (Å²) in [5.74, 6) is 0.616. The predicted molar refractivity (Wildman–Crippen MR) is 99.3 cm³/mol. The van der Waals surface area contributed by atoms with Crippen molar-refractivity contribution in [2.24, 2.45) is 0 Å². The van der Waals surface area contributed by atoms with Crippen molar-refractivity contribution in [1.82, 2.24) is 19.9 Å². The number of imidazole rings is 1. The fourth-order valence-corrected chi connectivity index (χ4v) is 3.06. The van der Waals surface area contributed by atoms with Crippen molar-refractivity contribution in [3.8, 4) is 0 Å². The van der Waals surface area contributed by atoms with Crippen molar-refractivity contribution in [2.75, 3.05) is 0 Å². The van der Waals surface area contributed by atoms with Crippen LogP contribution >= 0.6 is 0 Å². The van der Waals surface area contributed by atoms with Gasteiger partial charge in [-0.1, -0.05) is 30.3 Å². The second-order valence-corrected chi connectivity index (χ2v) is 6.64. The Labute approximate surface area is 148 Å². The zero-order valence-corrected chi connectivity index (χ0v) is 15.1. The first-order valence-electron chi connectivity index (χ1n) is 8.67. The van der Waals surface area contributed by atoms with Gasteiger partial charge in [-0.15, -0.1) is 0 Å². The molecule has 0 saturated heterocycles. The van der Waals surface area contributed by atoms with Crippen molar-refractivity contribution in [3.05, 3.63) is 60.0 Å². The standard InChI is InChI=1S/C20H24N4O/c1-13(2)24-18(23-17-11-8-12-21-19(17)24)15(4)22-20(25)14(3)16-9-6-5-7-10-16/h5-15H,1-4H3,(H,22,25)/t14-,15+/m0/s1. The van der Waals surface area contributed by atoms with Crippen LogP contribution in [0.5, 0.6) is 0 Å². The first kappa shape index (κ1) is 17.1. The molecule has 3 aromatic rings. The zero-order valence-electron chi connectivity index (χ0n) is 15.1. The van der Waals surface area contributed by atoms with Crippen LogP contribution in [0.25, 0.3) is 11.2 Å². The third kappa shape index (κ3) is 3.40. The summed E-state index contributed by atoms with van der Waals surface area (Å²) in [7, 11) is 0. The quantitative estimate of drug-likeness (QED) is 0.766. The summed E-state index contributed by atoms with van der Waals surface area (Å²) in [5, 5.41) is 3.10. The molecule has 3 rings (SSSR count). The number of pyridine rings is 1. The molecule has 0 unspecified atom stereocenters. The molecular formula is C20H24N4O. The monoisotopic (exact) mass is 336 g/mol. The molecule has 5 heteroatoms. The second kappa shape index (κ2) is 7.05. The smallest absolute Gasteiger partial charge is 0.227 e. The van der Waals surface area contributed by atoms with Crippen LogP contribution in [0.1, 0.15) is 57.1 Å². The Balaban J connectivity index is 1.86. The highest BCUT2D eigenvalue weighted by Gasteiger charge is 2.23. The third-order valence-corrected chi connectivity index (χ3v) is 4.43. The number of amides is 1. The van der Waals surface area contributed by atoms with Crippen LogP contribution in [0.4, 0.5) is 0 Å². The molecule has 1 amide bonds. The molecule has 5 nitrogen and oxygen atoms in total. The van der Waals surface area contributed by atoms with E-state index in [1.807, 2.05) is 56.3 Å². The van der Waals surface area contributed by atoms with Gasteiger partial charge in [0.2, 0.25) is 5.91 Å². The highest BCUT2D eigenvalue weighted by atomic mass is 16.1. The summed E-state index contributed by atoms with van der Waals surface area (Å²) >= 11 is 0. The molecule has 0 aliphatic rings. The van der Waals surface area contributed by atoms with Crippen LogP contribution in [-0.2, 0) is 4.79 Å². The molecule has 0 bridgehead atoms. The van der Waals surface area contributed by atoms with E-state index in [2.05, 4.69) is 28.7 Å². The summed E-state index contributed by atoms with van der Waals surface area (Å²) in [6.45, 7) is 8.08. The van der Waals surface area contributed by atoms with E-state index < -0.39 is 0 Å². The Morgan fingerprint density at radius 1 is 1.04 bits per heavy atom. The maximum absolute atomic E-state index is 12.7. The van der Waals surface area contributed by atoms with E-state index in [-0.39, 0.29) is 23.9 Å². The number of nitrogens with zero attached hydrogens (tertiary/aromatic N) is 3. The minimum atomic E-state index is -0.210. The highest BCUT2D eigenvalue weighted by Crippen LogP contribution is 2.24. The number of benzene rings is 1. The van der Waals surface area contributed by atoms with Crippen LogP contribution in [0.2, 0.25) is 0 Å². The van der Waals surface area contributed by atoms with Gasteiger partial charge in [0.1, 0.15) is 11.3 Å². The molecule has 2 aromatic heterocycles. The van der Waals surface area contributed by atoms with Gasteiger partial charge in [-0.25, -0.2) is 9.97 Å². The molecule has 0 spiro atoms. The van der Waals surface area contributed by atoms with E-state index in [4.69, 9.17) is 4.98 Å². The molecule has 1 N–H and O–H groups in total. The Hall–Kier alpha value is -2.69. The zero-order chi connectivity index (χ0) is 18.0. The number of rotatable bonds is 5. The molecule has 0 saturated carbocycles. The fraction of sp³-hybridized carbons (Fsp3) is 0.350. The average molecular weight is 336 g/mol. The number of aromatic nitrogens is 3. The van der Waals surface area contributed by atoms with E-state index in [9.17, 15) is 4.79 Å². The molecule has 2 atom stereocenters. The van der Waals surface area contributed by atoms with Crippen molar-refractivity contribution >= 4 is 17.1 Å². The van der Waals surface area contributed by atoms with E-state index in [0.29, 0.717) is 0 Å². The van der Waals surface area contributed by atoms with E-state index in [1.54, 1.807) is 6.20 Å². The van der Waals surface area contributed by atoms with Crippen molar-refractivity contribution in [3.63, 3.8) is 0 Å². The Morgan fingerprint density at radius 2 is 1.76 bits per heavy atom. The lowest BCUT2D eigenvalue weighted by molar-refractivity contribution is -0.122. The summed E-state index contributed by atoms with van der Waals surface area (Å²) in [4.78, 5) is 21.8. The fourth-order valence-electron chi connectivity index (χ4n) is 3.06. The predicted octanol–water partition coefficient (Wildman–Crippen LogP) is 3.99. The molecule has 0 fully saturated rings. The SMILES string of the molecule is CC(C)n1c([C@@H](C)NC(=O)[C@@H](C)c2ccccc2)nc2cccnc21. The number of carbonyl (C=O) groups excluding carboxylic acids is 1. The third-order valence-electron chi connectivity index (χ3n) is 4.43. The first-order valence-corrected chi connectivity index (χ1v) is 8.67. The van der Waals surface area contributed by atoms with Crippen LogP contribution in [0.15, 0.2) is 48.7 Å². The normalized spacial score (nSPS) is 13.8. The van der Waals surface area contributed by atoms with Gasteiger partial charge in [-0.05, 0) is 45.4 Å². The number of hydrogen-bond donors (Lipinski definition) is 1. The molecule has 0 aliphatic carbocycles. The molecule has 130 valence electrons. The highest BCUT2D eigenvalue weighted by molar-refractivity contribution is 5.83. The largest absolute Gasteiger partial charge is 0.346 e. The second-order valence-electron chi connectivity index (χ2n) is 6.64. The molecular weight excluding hydrogens is 312 g/mol. The van der Waals surface area contributed by atoms with Gasteiger partial charge in [-0.2, -0.15) is 0 Å². The van der Waals surface area contributed by atoms with Crippen molar-refractivity contribution in [2.45, 2.75) is 45.7 Å². The molecule has 2 heterocycles. The van der Waals surface area contributed by atoms with E-state index in [0.717, 1.165) is 22.6 Å². The van der Waals surface area contributed by atoms with E-state index >= 15 is 0 Å². The van der Waals surface area contributed by atoms with Gasteiger partial charge >= 0.3 is 0 Å². The average Bonchev–Trinajstić information content (AvgIpc) is 3.01. The lowest BCUT2D eigenvalue weighted by Crippen LogP contribution is -2.32. The van der Waals surface area contributed by atoms with Gasteiger partial charge in [0.15, 0.2) is 5.65 Å². The van der Waals surface area contributed by atoms with Gasteiger partial charge in [-0.3, -0.25) is 4.79 Å². The summed E-state index contributed by atoms with van der Waals surface area (Å²) < 4.78 is 2.09. The van der Waals surface area contributed by atoms with Gasteiger partial charge in [0, 0.05) is 12.2 Å². The van der Waals surface area contributed by atoms with Crippen molar-refractivity contribution in [1.29, 1.82) is 0 Å². The number of fused-ring (bicyclic) bond motifs is 1. The summed E-state index contributed by atoms with van der Waals surface area (Å²) in [5.41, 5.74) is 2.71. The molecule has 1 aromatic carbocycles. The Kier molecular flexibility index (Phi) is 4.83. The topological polar surface area (TPSA) is 59.8 Å². The minimum Gasteiger partial charge on any atom is -0.346 e. The molecule has 0 radical (unpaired) electrons. The van der Waals surface area contributed by atoms with E-state index in [1.165, 1.54) is 0 Å². The van der Waals surface area contributed by atoms with Crippen LogP contribution < -0.4 is 5.32 Å². The lowest BCUT2D eigenvalue weighted by atomic mass is 10.0. The molecule has 0 aliphatic heterocycles. The maximum Gasteiger partial charge on any atom is 0.227 e. The number of nitrogens with one attached hydrogen (secondary N) is 1. The minimum absolute atomic E-state index is 0.00554. The lowest BCUT2D eigenvalue weighted by Gasteiger charge is -2.20. The Bertz CT molecular complexity index is 870.